The van der Waals surface area contributed by atoms with E-state index in [0.717, 1.165) is 18.7 Å². The van der Waals surface area contributed by atoms with E-state index in [1.165, 1.54) is 0 Å². The van der Waals surface area contributed by atoms with Gasteiger partial charge in [0, 0.05) is 6.20 Å². The molecule has 1 aliphatic rings. The molecule has 1 atom stereocenters. The van der Waals surface area contributed by atoms with Crippen molar-refractivity contribution in [1.82, 2.24) is 10.3 Å². The lowest BCUT2D eigenvalue weighted by Crippen LogP contribution is -2.35. The fourth-order valence-electron chi connectivity index (χ4n) is 1.25. The number of hydrogen-bond acceptors (Lipinski definition) is 3. The highest BCUT2D eigenvalue weighted by Crippen LogP contribution is 2.20. The standard InChI is InChI=1S/C9H9N3/c10-6-7-1-3-12-9(5-7)8-2-4-11-8/h1,3,5,8,11H,2,4H2/t8-/m0/s1. The summed E-state index contributed by atoms with van der Waals surface area (Å²) in [7, 11) is 0. The Bertz CT molecular complexity index is 323. The fourth-order valence-corrected chi connectivity index (χ4v) is 1.25. The summed E-state index contributed by atoms with van der Waals surface area (Å²) in [6.07, 6.45) is 2.82. The average molecular weight is 159 g/mol. The molecule has 1 aromatic heterocycles. The molecule has 0 spiro atoms. The topological polar surface area (TPSA) is 48.7 Å². The van der Waals surface area contributed by atoms with Crippen LogP contribution in [-0.4, -0.2) is 11.5 Å². The van der Waals surface area contributed by atoms with Crippen molar-refractivity contribution < 1.29 is 0 Å². The number of pyridine rings is 1. The van der Waals surface area contributed by atoms with Gasteiger partial charge in [0.15, 0.2) is 0 Å². The van der Waals surface area contributed by atoms with Gasteiger partial charge in [0.05, 0.1) is 23.4 Å². The van der Waals surface area contributed by atoms with E-state index in [1.807, 2.05) is 6.07 Å². The van der Waals surface area contributed by atoms with Crippen molar-refractivity contribution in [2.75, 3.05) is 6.54 Å². The van der Waals surface area contributed by atoms with Crippen LogP contribution in [0.15, 0.2) is 18.3 Å². The maximum atomic E-state index is 8.64. The van der Waals surface area contributed by atoms with Gasteiger partial charge in [-0.25, -0.2) is 0 Å². The van der Waals surface area contributed by atoms with Gasteiger partial charge in [-0.2, -0.15) is 5.26 Å². The molecule has 2 heterocycles. The molecule has 0 bridgehead atoms. The molecule has 12 heavy (non-hydrogen) atoms. The fraction of sp³-hybridized carbons (Fsp3) is 0.333. The lowest BCUT2D eigenvalue weighted by atomic mass is 10.0. The highest BCUT2D eigenvalue weighted by atomic mass is 15.0. The minimum absolute atomic E-state index is 0.373. The number of nitriles is 1. The van der Waals surface area contributed by atoms with E-state index in [1.54, 1.807) is 12.3 Å². The summed E-state index contributed by atoms with van der Waals surface area (Å²) in [5.41, 5.74) is 1.68. The van der Waals surface area contributed by atoms with Gasteiger partial charge in [-0.1, -0.05) is 0 Å². The maximum absolute atomic E-state index is 8.64. The number of aromatic nitrogens is 1. The predicted molar refractivity (Wildman–Crippen MR) is 44.3 cm³/mol. The second-order valence-corrected chi connectivity index (χ2v) is 2.88. The van der Waals surface area contributed by atoms with Gasteiger partial charge in [-0.15, -0.1) is 0 Å². The molecule has 0 aliphatic carbocycles. The molecule has 1 fully saturated rings. The SMILES string of the molecule is N#Cc1ccnc([C@@H]2CCN2)c1. The first-order valence-electron chi connectivity index (χ1n) is 3.99. The van der Waals surface area contributed by atoms with E-state index in [4.69, 9.17) is 5.26 Å². The van der Waals surface area contributed by atoms with Crippen LogP contribution < -0.4 is 5.32 Å². The van der Waals surface area contributed by atoms with Crippen LogP contribution in [0.2, 0.25) is 0 Å². The lowest BCUT2D eigenvalue weighted by molar-refractivity contribution is 0.375. The molecule has 1 aliphatic heterocycles. The van der Waals surface area contributed by atoms with Crippen molar-refractivity contribution in [3.05, 3.63) is 29.6 Å². The van der Waals surface area contributed by atoms with Gasteiger partial charge >= 0.3 is 0 Å². The van der Waals surface area contributed by atoms with Crippen LogP contribution in [0, 0.1) is 11.3 Å². The van der Waals surface area contributed by atoms with Crippen LogP contribution in [0.3, 0.4) is 0 Å². The van der Waals surface area contributed by atoms with Crippen molar-refractivity contribution in [2.45, 2.75) is 12.5 Å². The summed E-state index contributed by atoms with van der Waals surface area (Å²) in [5.74, 6) is 0. The second-order valence-electron chi connectivity index (χ2n) is 2.88. The Morgan fingerprint density at radius 1 is 1.67 bits per heavy atom. The van der Waals surface area contributed by atoms with Crippen LogP contribution in [-0.2, 0) is 0 Å². The molecule has 0 saturated carbocycles. The minimum atomic E-state index is 0.373. The molecule has 1 aromatic rings. The summed E-state index contributed by atoms with van der Waals surface area (Å²) < 4.78 is 0. The van der Waals surface area contributed by atoms with E-state index in [9.17, 15) is 0 Å². The van der Waals surface area contributed by atoms with Gasteiger partial charge < -0.3 is 5.32 Å². The third-order valence-corrected chi connectivity index (χ3v) is 2.09. The first-order chi connectivity index (χ1) is 5.90. The molecule has 60 valence electrons. The van der Waals surface area contributed by atoms with E-state index in [0.29, 0.717) is 11.6 Å². The Balaban J connectivity index is 2.27. The van der Waals surface area contributed by atoms with Gasteiger partial charge in [-0.3, -0.25) is 4.98 Å². The Labute approximate surface area is 71.0 Å². The normalized spacial score (nSPS) is 21.1. The summed E-state index contributed by atoms with van der Waals surface area (Å²) in [6, 6.07) is 6.04. The predicted octanol–water partition coefficient (Wildman–Crippen LogP) is 0.988. The molecule has 0 aromatic carbocycles. The van der Waals surface area contributed by atoms with Crippen LogP contribution in [0.5, 0.6) is 0 Å². The van der Waals surface area contributed by atoms with Crippen LogP contribution in [0.4, 0.5) is 0 Å². The molecule has 0 unspecified atom stereocenters. The van der Waals surface area contributed by atoms with E-state index in [2.05, 4.69) is 16.4 Å². The molecule has 3 nitrogen and oxygen atoms in total. The lowest BCUT2D eigenvalue weighted by Gasteiger charge is -2.26. The van der Waals surface area contributed by atoms with Gasteiger partial charge in [0.2, 0.25) is 0 Å². The van der Waals surface area contributed by atoms with Crippen molar-refractivity contribution >= 4 is 0 Å². The van der Waals surface area contributed by atoms with Gasteiger partial charge in [0.25, 0.3) is 0 Å². The molecular weight excluding hydrogens is 150 g/mol. The maximum Gasteiger partial charge on any atom is 0.0992 e. The zero-order valence-corrected chi connectivity index (χ0v) is 6.62. The highest BCUT2D eigenvalue weighted by Gasteiger charge is 2.19. The molecule has 2 rings (SSSR count). The molecule has 3 heteroatoms. The smallest absolute Gasteiger partial charge is 0.0992 e. The first kappa shape index (κ1) is 7.26. The van der Waals surface area contributed by atoms with Crippen LogP contribution in [0.1, 0.15) is 23.7 Å². The zero-order chi connectivity index (χ0) is 8.39. The summed E-state index contributed by atoms with van der Waals surface area (Å²) in [6.45, 7) is 1.06. The van der Waals surface area contributed by atoms with E-state index in [-0.39, 0.29) is 0 Å². The Morgan fingerprint density at radius 3 is 3.08 bits per heavy atom. The summed E-state index contributed by atoms with van der Waals surface area (Å²) in [5, 5.41) is 11.9. The molecular formula is C9H9N3. The Hall–Kier alpha value is -1.40. The number of nitrogens with one attached hydrogen (secondary N) is 1. The average Bonchev–Trinajstić information content (AvgIpc) is 2.02. The minimum Gasteiger partial charge on any atom is -0.309 e. The van der Waals surface area contributed by atoms with Crippen LogP contribution in [0.25, 0.3) is 0 Å². The first-order valence-corrected chi connectivity index (χ1v) is 3.99. The number of hydrogen-bond donors (Lipinski definition) is 1. The van der Waals surface area contributed by atoms with Gasteiger partial charge in [0.1, 0.15) is 0 Å². The molecule has 1 N–H and O–H groups in total. The third kappa shape index (κ3) is 1.17. The zero-order valence-electron chi connectivity index (χ0n) is 6.62. The van der Waals surface area contributed by atoms with Crippen molar-refractivity contribution in [2.24, 2.45) is 0 Å². The molecule has 0 amide bonds. The highest BCUT2D eigenvalue weighted by molar-refractivity contribution is 5.30. The quantitative estimate of drug-likeness (QED) is 0.664. The number of rotatable bonds is 1. The number of nitrogens with zero attached hydrogens (tertiary/aromatic N) is 2. The van der Waals surface area contributed by atoms with Crippen molar-refractivity contribution in [3.8, 4) is 6.07 Å². The van der Waals surface area contributed by atoms with Gasteiger partial charge in [-0.05, 0) is 25.1 Å². The van der Waals surface area contributed by atoms with E-state index >= 15 is 0 Å². The summed E-state index contributed by atoms with van der Waals surface area (Å²) >= 11 is 0. The summed E-state index contributed by atoms with van der Waals surface area (Å²) in [4.78, 5) is 4.20. The molecule has 0 radical (unpaired) electrons. The monoisotopic (exact) mass is 159 g/mol. The van der Waals surface area contributed by atoms with Crippen molar-refractivity contribution in [3.63, 3.8) is 0 Å². The largest absolute Gasteiger partial charge is 0.309 e. The third-order valence-electron chi connectivity index (χ3n) is 2.09. The second kappa shape index (κ2) is 2.92. The Morgan fingerprint density at radius 2 is 2.50 bits per heavy atom. The Kier molecular flexibility index (Phi) is 1.77. The molecule has 1 saturated heterocycles. The van der Waals surface area contributed by atoms with E-state index < -0.39 is 0 Å². The van der Waals surface area contributed by atoms with Crippen LogP contribution >= 0.6 is 0 Å². The van der Waals surface area contributed by atoms with Crippen molar-refractivity contribution in [1.29, 1.82) is 5.26 Å².